The Kier molecular flexibility index (Phi) is 3.39. The normalized spacial score (nSPS) is 37.2. The molecule has 4 nitrogen and oxygen atoms in total. The maximum atomic E-state index is 12.0. The van der Waals surface area contributed by atoms with E-state index < -0.39 is 5.41 Å². The number of nitrogens with zero attached hydrogens (tertiary/aromatic N) is 2. The summed E-state index contributed by atoms with van der Waals surface area (Å²) < 4.78 is 0. The van der Waals surface area contributed by atoms with Crippen molar-refractivity contribution in [3.8, 4) is 6.07 Å². The number of nitriles is 1. The molecule has 0 aromatic carbocycles. The van der Waals surface area contributed by atoms with Crippen LogP contribution in [0.1, 0.15) is 32.6 Å². The van der Waals surface area contributed by atoms with Crippen LogP contribution >= 0.6 is 0 Å². The van der Waals surface area contributed by atoms with Gasteiger partial charge in [-0.05, 0) is 45.2 Å². The van der Waals surface area contributed by atoms with E-state index in [9.17, 15) is 4.79 Å². The molecule has 0 aromatic heterocycles. The Hall–Kier alpha value is -1.08. The van der Waals surface area contributed by atoms with Crippen LogP contribution < -0.4 is 5.32 Å². The summed E-state index contributed by atoms with van der Waals surface area (Å²) >= 11 is 0. The monoisotopic (exact) mass is 235 g/mol. The maximum Gasteiger partial charge on any atom is 0.240 e. The second-order valence-electron chi connectivity index (χ2n) is 5.69. The molecule has 2 fully saturated rings. The Morgan fingerprint density at radius 1 is 1.59 bits per heavy atom. The van der Waals surface area contributed by atoms with Crippen molar-refractivity contribution in [2.45, 2.75) is 38.6 Å². The largest absolute Gasteiger partial charge is 0.353 e. The number of hydrogen-bond acceptors (Lipinski definition) is 3. The summed E-state index contributed by atoms with van der Waals surface area (Å²) in [6.07, 6.45) is 3.79. The molecule has 1 saturated heterocycles. The third-order valence-corrected chi connectivity index (χ3v) is 4.21. The van der Waals surface area contributed by atoms with Gasteiger partial charge in [0.05, 0.1) is 6.07 Å². The molecule has 1 aliphatic heterocycles. The lowest BCUT2D eigenvalue weighted by Gasteiger charge is -2.39. The van der Waals surface area contributed by atoms with E-state index in [1.165, 1.54) is 6.42 Å². The fourth-order valence-electron chi connectivity index (χ4n) is 3.07. The molecule has 1 saturated carbocycles. The van der Waals surface area contributed by atoms with Crippen LogP contribution in [0.2, 0.25) is 0 Å². The van der Waals surface area contributed by atoms with Gasteiger partial charge in [-0.15, -0.1) is 0 Å². The van der Waals surface area contributed by atoms with E-state index in [0.717, 1.165) is 25.8 Å². The standard InChI is InChI=1S/C13H21N3O/c1-10-6-13(7-10,9-14)12(17)15-8-11-4-3-5-16(11)2/h10-11H,3-8H2,1-2H3,(H,15,17). The average molecular weight is 235 g/mol. The molecule has 0 radical (unpaired) electrons. The van der Waals surface area contributed by atoms with Crippen LogP contribution in [0.4, 0.5) is 0 Å². The highest BCUT2D eigenvalue weighted by molar-refractivity contribution is 5.86. The Morgan fingerprint density at radius 2 is 2.29 bits per heavy atom. The molecular weight excluding hydrogens is 214 g/mol. The number of carbonyl (C=O) groups excluding carboxylic acids is 1. The van der Waals surface area contributed by atoms with Crippen molar-refractivity contribution < 1.29 is 4.79 Å². The Labute approximate surface area is 103 Å². The average Bonchev–Trinajstić information content (AvgIpc) is 2.67. The molecule has 1 N–H and O–H groups in total. The van der Waals surface area contributed by atoms with Crippen LogP contribution in [0, 0.1) is 22.7 Å². The minimum absolute atomic E-state index is 0.0570. The van der Waals surface area contributed by atoms with Crippen molar-refractivity contribution in [2.24, 2.45) is 11.3 Å². The molecule has 1 unspecified atom stereocenters. The first-order chi connectivity index (χ1) is 8.07. The lowest BCUT2D eigenvalue weighted by Crippen LogP contribution is -2.50. The van der Waals surface area contributed by atoms with Gasteiger partial charge in [0.15, 0.2) is 0 Å². The van der Waals surface area contributed by atoms with Gasteiger partial charge in [0.1, 0.15) is 5.41 Å². The van der Waals surface area contributed by atoms with Crippen molar-refractivity contribution in [3.63, 3.8) is 0 Å². The highest BCUT2D eigenvalue weighted by Gasteiger charge is 2.48. The van der Waals surface area contributed by atoms with E-state index in [1.807, 2.05) is 0 Å². The highest BCUT2D eigenvalue weighted by Crippen LogP contribution is 2.45. The molecular formula is C13H21N3O. The summed E-state index contributed by atoms with van der Waals surface area (Å²) in [7, 11) is 2.09. The second-order valence-corrected chi connectivity index (χ2v) is 5.69. The van der Waals surface area contributed by atoms with Gasteiger partial charge < -0.3 is 10.2 Å². The second kappa shape index (κ2) is 4.66. The molecule has 2 rings (SSSR count). The van der Waals surface area contributed by atoms with Crippen LogP contribution in [0.5, 0.6) is 0 Å². The maximum absolute atomic E-state index is 12.0. The number of likely N-dealkylation sites (N-methyl/N-ethyl adjacent to an activating group) is 1. The van der Waals surface area contributed by atoms with Crippen LogP contribution in [0.3, 0.4) is 0 Å². The molecule has 1 amide bonds. The van der Waals surface area contributed by atoms with Gasteiger partial charge in [-0.25, -0.2) is 0 Å². The summed E-state index contributed by atoms with van der Waals surface area (Å²) in [4.78, 5) is 14.3. The predicted molar refractivity (Wildman–Crippen MR) is 65.1 cm³/mol. The Balaban J connectivity index is 1.83. The van der Waals surface area contributed by atoms with Crippen LogP contribution in [0.25, 0.3) is 0 Å². The molecule has 1 heterocycles. The van der Waals surface area contributed by atoms with Gasteiger partial charge in [-0.1, -0.05) is 6.92 Å². The first kappa shape index (κ1) is 12.4. The molecule has 1 atom stereocenters. The van der Waals surface area contributed by atoms with Gasteiger partial charge in [0.25, 0.3) is 0 Å². The third kappa shape index (κ3) is 2.30. The number of carbonyl (C=O) groups is 1. The molecule has 0 spiro atoms. The molecule has 94 valence electrons. The Bertz CT molecular complexity index is 341. The summed E-state index contributed by atoms with van der Waals surface area (Å²) in [5.41, 5.74) is -0.726. The number of likely N-dealkylation sites (tertiary alicyclic amines) is 1. The number of nitrogens with one attached hydrogen (secondary N) is 1. The van der Waals surface area contributed by atoms with E-state index in [4.69, 9.17) is 5.26 Å². The molecule has 17 heavy (non-hydrogen) atoms. The van der Waals surface area contributed by atoms with Crippen LogP contribution in [-0.4, -0.2) is 37.0 Å². The zero-order chi connectivity index (χ0) is 12.5. The minimum atomic E-state index is -0.726. The topological polar surface area (TPSA) is 56.1 Å². The third-order valence-electron chi connectivity index (χ3n) is 4.21. The van der Waals surface area contributed by atoms with Crippen molar-refractivity contribution in [3.05, 3.63) is 0 Å². The van der Waals surface area contributed by atoms with Gasteiger partial charge in [0, 0.05) is 12.6 Å². The molecule has 4 heteroatoms. The SMILES string of the molecule is CC1CC(C#N)(C(=O)NCC2CCCN2C)C1. The first-order valence-electron chi connectivity index (χ1n) is 6.47. The van der Waals surface area contributed by atoms with E-state index in [2.05, 4.69) is 30.3 Å². The van der Waals surface area contributed by atoms with Crippen molar-refractivity contribution in [1.29, 1.82) is 5.26 Å². The number of amides is 1. The van der Waals surface area contributed by atoms with Crippen molar-refractivity contribution >= 4 is 5.91 Å². The molecule has 0 bridgehead atoms. The van der Waals surface area contributed by atoms with Gasteiger partial charge >= 0.3 is 0 Å². The zero-order valence-electron chi connectivity index (χ0n) is 10.7. The van der Waals surface area contributed by atoms with Crippen LogP contribution in [0.15, 0.2) is 0 Å². The van der Waals surface area contributed by atoms with E-state index >= 15 is 0 Å². The molecule has 1 aliphatic carbocycles. The van der Waals surface area contributed by atoms with Gasteiger partial charge in [-0.2, -0.15) is 5.26 Å². The van der Waals surface area contributed by atoms with E-state index in [0.29, 0.717) is 18.5 Å². The lowest BCUT2D eigenvalue weighted by molar-refractivity contribution is -0.134. The minimum Gasteiger partial charge on any atom is -0.353 e. The smallest absolute Gasteiger partial charge is 0.240 e. The van der Waals surface area contributed by atoms with Gasteiger partial charge in [0.2, 0.25) is 5.91 Å². The van der Waals surface area contributed by atoms with Crippen molar-refractivity contribution in [1.82, 2.24) is 10.2 Å². The number of rotatable bonds is 3. The fourth-order valence-corrected chi connectivity index (χ4v) is 3.07. The van der Waals surface area contributed by atoms with Crippen LogP contribution in [-0.2, 0) is 4.79 Å². The van der Waals surface area contributed by atoms with E-state index in [1.54, 1.807) is 0 Å². The molecule has 0 aromatic rings. The lowest BCUT2D eigenvalue weighted by atomic mass is 9.63. The number of hydrogen-bond donors (Lipinski definition) is 1. The summed E-state index contributed by atoms with van der Waals surface area (Å²) in [6, 6.07) is 2.66. The zero-order valence-corrected chi connectivity index (χ0v) is 10.7. The van der Waals surface area contributed by atoms with E-state index in [-0.39, 0.29) is 5.91 Å². The predicted octanol–water partition coefficient (Wildman–Crippen LogP) is 1.14. The Morgan fingerprint density at radius 3 is 2.76 bits per heavy atom. The summed E-state index contributed by atoms with van der Waals surface area (Å²) in [6.45, 7) is 3.89. The highest BCUT2D eigenvalue weighted by atomic mass is 16.2. The fraction of sp³-hybridized carbons (Fsp3) is 0.846. The molecule has 2 aliphatic rings. The quantitative estimate of drug-likeness (QED) is 0.798. The summed E-state index contributed by atoms with van der Waals surface area (Å²) in [5, 5.41) is 12.1. The summed E-state index contributed by atoms with van der Waals surface area (Å²) in [5.74, 6) is 0.452. The van der Waals surface area contributed by atoms with Gasteiger partial charge in [-0.3, -0.25) is 4.79 Å². The van der Waals surface area contributed by atoms with Crippen molar-refractivity contribution in [2.75, 3.05) is 20.1 Å². The first-order valence-corrected chi connectivity index (χ1v) is 6.47.